The maximum Gasteiger partial charge on any atom is 0.422 e. The molecule has 16 heavy (non-hydrogen) atoms. The molecule has 0 amide bonds. The van der Waals surface area contributed by atoms with E-state index in [2.05, 4.69) is 4.74 Å². The minimum absolute atomic E-state index is 0.0475. The Kier molecular flexibility index (Phi) is 3.74. The molecule has 0 unspecified atom stereocenters. The van der Waals surface area contributed by atoms with Crippen molar-refractivity contribution in [2.24, 2.45) is 5.73 Å². The maximum absolute atomic E-state index is 12.8. The van der Waals surface area contributed by atoms with Crippen molar-refractivity contribution in [1.29, 1.82) is 0 Å². The van der Waals surface area contributed by atoms with E-state index in [1.54, 1.807) is 0 Å². The molecule has 0 aliphatic heterocycles. The molecule has 6 heteroatoms. The van der Waals surface area contributed by atoms with Gasteiger partial charge in [-0.3, -0.25) is 0 Å². The van der Waals surface area contributed by atoms with Crippen LogP contribution in [0.1, 0.15) is 18.5 Å². The fraction of sp³-hybridized carbons (Fsp3) is 0.400. The van der Waals surface area contributed by atoms with Crippen molar-refractivity contribution in [2.75, 3.05) is 6.61 Å². The van der Waals surface area contributed by atoms with Gasteiger partial charge in [-0.2, -0.15) is 13.2 Å². The van der Waals surface area contributed by atoms with Crippen molar-refractivity contribution in [3.05, 3.63) is 29.6 Å². The molecule has 0 spiro atoms. The Balaban J connectivity index is 2.87. The first-order valence-electron chi connectivity index (χ1n) is 4.54. The van der Waals surface area contributed by atoms with Crippen molar-refractivity contribution in [3.63, 3.8) is 0 Å². The molecule has 0 heterocycles. The Morgan fingerprint density at radius 2 is 2.00 bits per heavy atom. The lowest BCUT2D eigenvalue weighted by Gasteiger charge is -2.15. The standard InChI is InChI=1S/C10H11F4NO/c1-6(15)8-4-7(11)2-3-9(8)16-5-10(12,13)14/h2-4,6H,5,15H2,1H3/t6-/m1/s1. The van der Waals surface area contributed by atoms with Crippen molar-refractivity contribution >= 4 is 0 Å². The first-order chi connectivity index (χ1) is 7.29. The third-order valence-corrected chi connectivity index (χ3v) is 1.85. The van der Waals surface area contributed by atoms with Gasteiger partial charge in [-0.25, -0.2) is 4.39 Å². The van der Waals surface area contributed by atoms with E-state index < -0.39 is 24.6 Å². The average Bonchev–Trinajstić information content (AvgIpc) is 2.14. The van der Waals surface area contributed by atoms with Gasteiger partial charge in [-0.15, -0.1) is 0 Å². The molecule has 2 N–H and O–H groups in total. The van der Waals surface area contributed by atoms with Crippen LogP contribution in [0.4, 0.5) is 17.6 Å². The average molecular weight is 237 g/mol. The fourth-order valence-corrected chi connectivity index (χ4v) is 1.17. The number of ether oxygens (including phenoxy) is 1. The SMILES string of the molecule is C[C@@H](N)c1cc(F)ccc1OCC(F)(F)F. The van der Waals surface area contributed by atoms with Gasteiger partial charge in [0.1, 0.15) is 11.6 Å². The quantitative estimate of drug-likeness (QED) is 0.820. The molecule has 90 valence electrons. The lowest BCUT2D eigenvalue weighted by Crippen LogP contribution is -2.20. The Bertz CT molecular complexity index is 362. The van der Waals surface area contributed by atoms with Crippen LogP contribution in [-0.2, 0) is 0 Å². The molecule has 0 bridgehead atoms. The van der Waals surface area contributed by atoms with Gasteiger partial charge in [0.15, 0.2) is 6.61 Å². The Labute approximate surface area is 90.0 Å². The molecular weight excluding hydrogens is 226 g/mol. The second-order valence-electron chi connectivity index (χ2n) is 3.37. The number of halogens is 4. The van der Waals surface area contributed by atoms with Gasteiger partial charge in [0.05, 0.1) is 0 Å². The van der Waals surface area contributed by atoms with E-state index in [9.17, 15) is 17.6 Å². The van der Waals surface area contributed by atoms with Crippen LogP contribution in [0.5, 0.6) is 5.75 Å². The predicted octanol–water partition coefficient (Wildman–Crippen LogP) is 2.79. The van der Waals surface area contributed by atoms with Crippen molar-refractivity contribution in [2.45, 2.75) is 19.1 Å². The summed E-state index contributed by atoms with van der Waals surface area (Å²) in [6.07, 6.45) is -4.43. The van der Waals surface area contributed by atoms with Crippen LogP contribution in [0.15, 0.2) is 18.2 Å². The van der Waals surface area contributed by atoms with E-state index in [4.69, 9.17) is 5.73 Å². The van der Waals surface area contributed by atoms with E-state index in [-0.39, 0.29) is 11.3 Å². The minimum Gasteiger partial charge on any atom is -0.484 e. The largest absolute Gasteiger partial charge is 0.484 e. The van der Waals surface area contributed by atoms with E-state index in [0.29, 0.717) is 0 Å². The second-order valence-corrected chi connectivity index (χ2v) is 3.37. The lowest BCUT2D eigenvalue weighted by atomic mass is 10.1. The molecule has 0 saturated heterocycles. The van der Waals surface area contributed by atoms with Crippen LogP contribution >= 0.6 is 0 Å². The molecule has 1 atom stereocenters. The molecule has 1 aromatic carbocycles. The molecule has 0 aliphatic carbocycles. The summed E-state index contributed by atoms with van der Waals surface area (Å²) >= 11 is 0. The number of benzene rings is 1. The van der Waals surface area contributed by atoms with E-state index in [1.807, 2.05) is 0 Å². The summed E-state index contributed by atoms with van der Waals surface area (Å²) < 4.78 is 53.2. The normalized spacial score (nSPS) is 13.6. The number of nitrogens with two attached hydrogens (primary N) is 1. The summed E-state index contributed by atoms with van der Waals surface area (Å²) in [5.74, 6) is -0.611. The first-order valence-corrected chi connectivity index (χ1v) is 4.54. The van der Waals surface area contributed by atoms with Gasteiger partial charge < -0.3 is 10.5 Å². The molecule has 2 nitrogen and oxygen atoms in total. The first kappa shape index (κ1) is 12.8. The van der Waals surface area contributed by atoms with E-state index in [1.165, 1.54) is 6.92 Å². The Hall–Kier alpha value is -1.30. The monoisotopic (exact) mass is 237 g/mol. The van der Waals surface area contributed by atoms with Gasteiger partial charge in [0.25, 0.3) is 0 Å². The highest BCUT2D eigenvalue weighted by molar-refractivity contribution is 5.36. The van der Waals surface area contributed by atoms with Crippen LogP contribution < -0.4 is 10.5 Å². The van der Waals surface area contributed by atoms with Crippen LogP contribution in [0.3, 0.4) is 0 Å². The summed E-state index contributed by atoms with van der Waals surface area (Å²) in [5.41, 5.74) is 5.71. The summed E-state index contributed by atoms with van der Waals surface area (Å²) in [6.45, 7) is 0.119. The summed E-state index contributed by atoms with van der Waals surface area (Å²) in [6, 6.07) is 2.63. The van der Waals surface area contributed by atoms with Gasteiger partial charge >= 0.3 is 6.18 Å². The van der Waals surface area contributed by atoms with E-state index >= 15 is 0 Å². The highest BCUT2D eigenvalue weighted by Gasteiger charge is 2.29. The fourth-order valence-electron chi connectivity index (χ4n) is 1.17. The second kappa shape index (κ2) is 4.69. The number of hydrogen-bond acceptors (Lipinski definition) is 2. The zero-order valence-corrected chi connectivity index (χ0v) is 8.51. The molecule has 0 fully saturated rings. The minimum atomic E-state index is -4.43. The number of alkyl halides is 3. The zero-order valence-electron chi connectivity index (χ0n) is 8.51. The highest BCUT2D eigenvalue weighted by Crippen LogP contribution is 2.26. The van der Waals surface area contributed by atoms with Crippen LogP contribution in [0.2, 0.25) is 0 Å². The molecule has 0 aliphatic rings. The third kappa shape index (κ3) is 3.69. The predicted molar refractivity (Wildman–Crippen MR) is 50.6 cm³/mol. The van der Waals surface area contributed by atoms with Crippen molar-refractivity contribution in [1.82, 2.24) is 0 Å². The van der Waals surface area contributed by atoms with Crippen LogP contribution in [0.25, 0.3) is 0 Å². The Morgan fingerprint density at radius 1 is 1.38 bits per heavy atom. The molecular formula is C10H11F4NO. The van der Waals surface area contributed by atoms with E-state index in [0.717, 1.165) is 18.2 Å². The van der Waals surface area contributed by atoms with Crippen molar-refractivity contribution < 1.29 is 22.3 Å². The van der Waals surface area contributed by atoms with Crippen LogP contribution in [0, 0.1) is 5.82 Å². The van der Waals surface area contributed by atoms with Gasteiger partial charge in [-0.1, -0.05) is 0 Å². The summed E-state index contributed by atoms with van der Waals surface area (Å²) in [5, 5.41) is 0. The molecule has 0 radical (unpaired) electrons. The molecule has 1 rings (SSSR count). The topological polar surface area (TPSA) is 35.2 Å². The Morgan fingerprint density at radius 3 is 2.50 bits per heavy atom. The zero-order chi connectivity index (χ0) is 12.3. The smallest absolute Gasteiger partial charge is 0.422 e. The number of rotatable bonds is 3. The maximum atomic E-state index is 12.8. The third-order valence-electron chi connectivity index (χ3n) is 1.85. The number of hydrogen-bond donors (Lipinski definition) is 1. The molecule has 0 aromatic heterocycles. The molecule has 1 aromatic rings. The van der Waals surface area contributed by atoms with Gasteiger partial charge in [0.2, 0.25) is 0 Å². The summed E-state index contributed by atoms with van der Waals surface area (Å²) in [7, 11) is 0. The summed E-state index contributed by atoms with van der Waals surface area (Å²) in [4.78, 5) is 0. The molecule has 0 saturated carbocycles. The van der Waals surface area contributed by atoms with Gasteiger partial charge in [0, 0.05) is 11.6 Å². The lowest BCUT2D eigenvalue weighted by molar-refractivity contribution is -0.153. The van der Waals surface area contributed by atoms with Crippen LogP contribution in [-0.4, -0.2) is 12.8 Å². The van der Waals surface area contributed by atoms with Gasteiger partial charge in [-0.05, 0) is 25.1 Å². The van der Waals surface area contributed by atoms with Crippen molar-refractivity contribution in [3.8, 4) is 5.75 Å². The highest BCUT2D eigenvalue weighted by atomic mass is 19.4.